The highest BCUT2D eigenvalue weighted by Gasteiger charge is 2.23. The van der Waals surface area contributed by atoms with E-state index in [0.29, 0.717) is 18.2 Å². The molecule has 0 aromatic heterocycles. The van der Waals surface area contributed by atoms with Crippen molar-refractivity contribution in [2.24, 2.45) is 4.99 Å². The van der Waals surface area contributed by atoms with Crippen molar-refractivity contribution in [3.63, 3.8) is 0 Å². The van der Waals surface area contributed by atoms with Gasteiger partial charge in [-0.05, 0) is 31.4 Å². The zero-order valence-electron chi connectivity index (χ0n) is 15.8. The zero-order valence-corrected chi connectivity index (χ0v) is 18.1. The number of benzene rings is 1. The second-order valence-electron chi connectivity index (χ2n) is 6.84. The Hall–Kier alpha value is -1.58. The Labute approximate surface area is 177 Å². The molecule has 150 valence electrons. The largest absolute Gasteiger partial charge is 0.366 e. The van der Waals surface area contributed by atoms with Crippen LogP contribution in [0, 0.1) is 5.82 Å². The maximum Gasteiger partial charge on any atom is 0.220 e. The molecule has 1 heterocycles. The van der Waals surface area contributed by atoms with Crippen molar-refractivity contribution in [2.75, 3.05) is 44.7 Å². The Morgan fingerprint density at radius 3 is 2.56 bits per heavy atom. The fourth-order valence-corrected chi connectivity index (χ4v) is 3.18. The zero-order chi connectivity index (χ0) is 18.4. The van der Waals surface area contributed by atoms with Gasteiger partial charge in [-0.1, -0.05) is 12.1 Å². The van der Waals surface area contributed by atoms with E-state index in [1.54, 1.807) is 13.1 Å². The van der Waals surface area contributed by atoms with Crippen LogP contribution >= 0.6 is 24.0 Å². The van der Waals surface area contributed by atoms with Crippen LogP contribution in [-0.2, 0) is 4.79 Å². The van der Waals surface area contributed by atoms with Crippen molar-refractivity contribution in [3.8, 4) is 0 Å². The molecule has 0 spiro atoms. The van der Waals surface area contributed by atoms with E-state index in [1.165, 1.54) is 6.07 Å². The summed E-state index contributed by atoms with van der Waals surface area (Å²) >= 11 is 0. The monoisotopic (exact) mass is 489 g/mol. The van der Waals surface area contributed by atoms with Crippen molar-refractivity contribution < 1.29 is 9.18 Å². The van der Waals surface area contributed by atoms with Gasteiger partial charge in [-0.15, -0.1) is 24.0 Å². The molecule has 1 saturated heterocycles. The number of nitrogens with zero attached hydrogens (tertiary/aromatic N) is 3. The van der Waals surface area contributed by atoms with E-state index in [9.17, 15) is 9.18 Å². The molecule has 0 unspecified atom stereocenters. The van der Waals surface area contributed by atoms with Crippen LogP contribution in [0.1, 0.15) is 25.7 Å². The molecular formula is C19H29FIN5O. The number of halogens is 2. The van der Waals surface area contributed by atoms with Crippen LogP contribution in [0.5, 0.6) is 0 Å². The molecule has 0 radical (unpaired) electrons. The molecule has 1 aromatic carbocycles. The summed E-state index contributed by atoms with van der Waals surface area (Å²) in [7, 11) is 1.77. The molecule has 6 nitrogen and oxygen atoms in total. The summed E-state index contributed by atoms with van der Waals surface area (Å²) in [5.41, 5.74) is 0.664. The molecule has 0 atom stereocenters. The molecule has 1 amide bonds. The summed E-state index contributed by atoms with van der Waals surface area (Å²) in [5, 5.41) is 6.33. The van der Waals surface area contributed by atoms with Crippen molar-refractivity contribution in [2.45, 2.75) is 31.7 Å². The van der Waals surface area contributed by atoms with Crippen molar-refractivity contribution >= 4 is 41.5 Å². The number of carbonyl (C=O) groups excluding carboxylic acids is 1. The van der Waals surface area contributed by atoms with Gasteiger partial charge in [-0.3, -0.25) is 9.79 Å². The van der Waals surface area contributed by atoms with Gasteiger partial charge in [0, 0.05) is 52.2 Å². The minimum atomic E-state index is -0.173. The van der Waals surface area contributed by atoms with Gasteiger partial charge in [0.15, 0.2) is 5.96 Å². The predicted molar refractivity (Wildman–Crippen MR) is 117 cm³/mol. The molecule has 2 fully saturated rings. The third-order valence-electron chi connectivity index (χ3n) is 4.79. The van der Waals surface area contributed by atoms with Crippen molar-refractivity contribution in [1.29, 1.82) is 0 Å². The smallest absolute Gasteiger partial charge is 0.220 e. The third kappa shape index (κ3) is 6.51. The van der Waals surface area contributed by atoms with Gasteiger partial charge in [0.2, 0.25) is 5.91 Å². The van der Waals surface area contributed by atoms with Gasteiger partial charge in [0.1, 0.15) is 5.82 Å². The highest BCUT2D eigenvalue weighted by molar-refractivity contribution is 14.0. The van der Waals surface area contributed by atoms with Gasteiger partial charge in [-0.2, -0.15) is 0 Å². The molecule has 1 aliphatic heterocycles. The van der Waals surface area contributed by atoms with E-state index in [0.717, 1.165) is 57.9 Å². The number of carbonyl (C=O) groups is 1. The number of para-hydroxylation sites is 1. The second kappa shape index (κ2) is 10.7. The number of nitrogens with one attached hydrogen (secondary N) is 2. The molecule has 8 heteroatoms. The molecule has 3 rings (SSSR count). The Balaban J connectivity index is 0.00000261. The maximum atomic E-state index is 13.9. The fourth-order valence-electron chi connectivity index (χ4n) is 3.18. The topological polar surface area (TPSA) is 60.0 Å². The van der Waals surface area contributed by atoms with E-state index >= 15 is 0 Å². The lowest BCUT2D eigenvalue weighted by Gasteiger charge is -2.37. The van der Waals surface area contributed by atoms with Gasteiger partial charge >= 0.3 is 0 Å². The van der Waals surface area contributed by atoms with E-state index in [2.05, 4.69) is 25.4 Å². The molecule has 2 N–H and O–H groups in total. The summed E-state index contributed by atoms with van der Waals surface area (Å²) in [6.07, 6.45) is 3.57. The molecule has 1 saturated carbocycles. The second-order valence-corrected chi connectivity index (χ2v) is 6.84. The van der Waals surface area contributed by atoms with Gasteiger partial charge in [0.05, 0.1) is 5.69 Å². The number of hydrogen-bond acceptors (Lipinski definition) is 3. The van der Waals surface area contributed by atoms with Gasteiger partial charge in [-0.25, -0.2) is 4.39 Å². The number of anilines is 1. The van der Waals surface area contributed by atoms with Crippen LogP contribution < -0.4 is 15.5 Å². The number of aliphatic imine (C=N–C) groups is 1. The van der Waals surface area contributed by atoms with E-state index in [1.807, 2.05) is 12.1 Å². The third-order valence-corrected chi connectivity index (χ3v) is 4.79. The van der Waals surface area contributed by atoms with E-state index < -0.39 is 0 Å². The number of rotatable bonds is 6. The summed E-state index contributed by atoms with van der Waals surface area (Å²) in [6, 6.07) is 7.33. The molecule has 1 aliphatic carbocycles. The standard InChI is InChI=1S/C19H28FN5O.HI/c1-21-19(22-10-4-7-18(26)23-15-8-9-15)25-13-11-24(12-14-25)17-6-3-2-5-16(17)20;/h2-3,5-6,15H,4,7-14H2,1H3,(H,21,22)(H,23,26);1H. The van der Waals surface area contributed by atoms with Gasteiger partial charge < -0.3 is 20.4 Å². The molecule has 1 aromatic rings. The molecule has 27 heavy (non-hydrogen) atoms. The number of guanidine groups is 1. The van der Waals surface area contributed by atoms with E-state index in [4.69, 9.17) is 0 Å². The summed E-state index contributed by atoms with van der Waals surface area (Å²) in [5.74, 6) is 0.816. The first kappa shape index (κ1) is 21.7. The summed E-state index contributed by atoms with van der Waals surface area (Å²) < 4.78 is 13.9. The van der Waals surface area contributed by atoms with Crippen LogP contribution in [0.15, 0.2) is 29.3 Å². The van der Waals surface area contributed by atoms with Crippen molar-refractivity contribution in [1.82, 2.24) is 15.5 Å². The lowest BCUT2D eigenvalue weighted by atomic mass is 10.2. The maximum absolute atomic E-state index is 13.9. The van der Waals surface area contributed by atoms with E-state index in [-0.39, 0.29) is 35.7 Å². The Bertz CT molecular complexity index is 645. The SMILES string of the molecule is CN=C(NCCCC(=O)NC1CC1)N1CCN(c2ccccc2F)CC1.I. The minimum absolute atomic E-state index is 0. The van der Waals surface area contributed by atoms with Crippen molar-refractivity contribution in [3.05, 3.63) is 30.1 Å². The first-order valence-electron chi connectivity index (χ1n) is 9.42. The normalized spacial score (nSPS) is 17.3. The van der Waals surface area contributed by atoms with Crippen LogP contribution in [0.4, 0.5) is 10.1 Å². The van der Waals surface area contributed by atoms with Crippen LogP contribution in [-0.4, -0.2) is 62.6 Å². The number of piperazine rings is 1. The highest BCUT2D eigenvalue weighted by atomic mass is 127. The quantitative estimate of drug-likeness (QED) is 0.279. The molecule has 2 aliphatic rings. The first-order valence-corrected chi connectivity index (χ1v) is 9.42. The molecule has 0 bridgehead atoms. The summed E-state index contributed by atoms with van der Waals surface area (Å²) in [4.78, 5) is 20.3. The number of amides is 1. The van der Waals surface area contributed by atoms with Crippen LogP contribution in [0.25, 0.3) is 0 Å². The Morgan fingerprint density at radius 2 is 1.93 bits per heavy atom. The minimum Gasteiger partial charge on any atom is -0.366 e. The van der Waals surface area contributed by atoms with Gasteiger partial charge in [0.25, 0.3) is 0 Å². The first-order chi connectivity index (χ1) is 12.7. The number of hydrogen-bond donors (Lipinski definition) is 2. The lowest BCUT2D eigenvalue weighted by molar-refractivity contribution is -0.121. The van der Waals surface area contributed by atoms with Crippen LogP contribution in [0.3, 0.4) is 0 Å². The highest BCUT2D eigenvalue weighted by Crippen LogP contribution is 2.20. The lowest BCUT2D eigenvalue weighted by Crippen LogP contribution is -2.52. The predicted octanol–water partition coefficient (Wildman–Crippen LogP) is 2.20. The molecular weight excluding hydrogens is 460 g/mol. The van der Waals surface area contributed by atoms with Crippen LogP contribution in [0.2, 0.25) is 0 Å². The average Bonchev–Trinajstić information content (AvgIpc) is 3.46. The fraction of sp³-hybridized carbons (Fsp3) is 0.579. The Kier molecular flexibility index (Phi) is 8.59. The Morgan fingerprint density at radius 1 is 1.22 bits per heavy atom. The summed E-state index contributed by atoms with van der Waals surface area (Å²) in [6.45, 7) is 3.81. The average molecular weight is 489 g/mol.